The summed E-state index contributed by atoms with van der Waals surface area (Å²) in [6.07, 6.45) is 2.37. The van der Waals surface area contributed by atoms with Gasteiger partial charge in [-0.2, -0.15) is 0 Å². The Kier molecular flexibility index (Phi) is 3.10. The summed E-state index contributed by atoms with van der Waals surface area (Å²) in [6.45, 7) is 0. The van der Waals surface area contributed by atoms with Crippen molar-refractivity contribution in [1.82, 2.24) is 15.9 Å². The summed E-state index contributed by atoms with van der Waals surface area (Å²) in [4.78, 5) is 25.6. The first-order chi connectivity index (χ1) is 6.70. The molecular formula is C7H7N3O4. The molecular weight excluding hydrogens is 190 g/mol. The number of pyridine rings is 1. The van der Waals surface area contributed by atoms with Crippen LogP contribution >= 0.6 is 0 Å². The maximum Gasteiger partial charge on any atom is 0.277 e. The molecule has 0 spiro atoms. The quantitative estimate of drug-likeness (QED) is 0.370. The normalized spacial score (nSPS) is 9.29. The molecule has 74 valence electrons. The summed E-state index contributed by atoms with van der Waals surface area (Å²) >= 11 is 0. The summed E-state index contributed by atoms with van der Waals surface area (Å²) < 4.78 is 0. The highest BCUT2D eigenvalue weighted by molar-refractivity contribution is 6.06. The molecule has 0 radical (unpaired) electrons. The van der Waals surface area contributed by atoms with Crippen molar-refractivity contribution in [3.8, 4) is 0 Å². The van der Waals surface area contributed by atoms with Crippen molar-refractivity contribution in [2.24, 2.45) is 0 Å². The van der Waals surface area contributed by atoms with E-state index in [9.17, 15) is 9.59 Å². The van der Waals surface area contributed by atoms with Gasteiger partial charge >= 0.3 is 0 Å². The van der Waals surface area contributed by atoms with Crippen molar-refractivity contribution < 1.29 is 20.0 Å². The van der Waals surface area contributed by atoms with Crippen LogP contribution in [-0.4, -0.2) is 27.2 Å². The van der Waals surface area contributed by atoms with E-state index in [1.165, 1.54) is 23.2 Å². The largest absolute Gasteiger partial charge is 0.288 e. The number of amides is 2. The predicted molar refractivity (Wildman–Crippen MR) is 42.7 cm³/mol. The van der Waals surface area contributed by atoms with Crippen LogP contribution in [0.25, 0.3) is 0 Å². The highest BCUT2D eigenvalue weighted by atomic mass is 16.5. The Morgan fingerprint density at radius 2 is 1.71 bits per heavy atom. The highest BCUT2D eigenvalue weighted by Gasteiger charge is 2.15. The Balaban J connectivity index is 3.15. The molecule has 1 aromatic heterocycles. The van der Waals surface area contributed by atoms with Crippen molar-refractivity contribution in [3.63, 3.8) is 0 Å². The minimum Gasteiger partial charge on any atom is -0.288 e. The number of hydrogen-bond donors (Lipinski definition) is 4. The zero-order chi connectivity index (χ0) is 10.6. The molecule has 4 N–H and O–H groups in total. The van der Waals surface area contributed by atoms with Gasteiger partial charge in [0.15, 0.2) is 0 Å². The van der Waals surface area contributed by atoms with Crippen LogP contribution in [0, 0.1) is 0 Å². The lowest BCUT2D eigenvalue weighted by Crippen LogP contribution is -2.26. The van der Waals surface area contributed by atoms with Crippen molar-refractivity contribution in [2.45, 2.75) is 0 Å². The zero-order valence-corrected chi connectivity index (χ0v) is 6.89. The molecule has 1 rings (SSSR count). The number of rotatable bonds is 2. The van der Waals surface area contributed by atoms with E-state index in [0.717, 1.165) is 6.20 Å². The Morgan fingerprint density at radius 3 is 2.29 bits per heavy atom. The summed E-state index contributed by atoms with van der Waals surface area (Å²) in [5, 5.41) is 16.7. The van der Waals surface area contributed by atoms with Gasteiger partial charge in [-0.05, 0) is 6.07 Å². The smallest absolute Gasteiger partial charge is 0.277 e. The third-order valence-electron chi connectivity index (χ3n) is 1.51. The molecule has 1 aromatic rings. The molecule has 2 amide bonds. The molecule has 0 aliphatic heterocycles. The second-order valence-corrected chi connectivity index (χ2v) is 2.30. The molecule has 7 nitrogen and oxygen atoms in total. The minimum absolute atomic E-state index is 0.0888. The van der Waals surface area contributed by atoms with E-state index in [4.69, 9.17) is 10.4 Å². The number of hydroxylamine groups is 2. The Bertz CT molecular complexity index is 331. The van der Waals surface area contributed by atoms with E-state index in [-0.39, 0.29) is 11.1 Å². The first-order valence-corrected chi connectivity index (χ1v) is 3.53. The fraction of sp³-hybridized carbons (Fsp3) is 0. The van der Waals surface area contributed by atoms with Gasteiger partial charge < -0.3 is 0 Å². The fourth-order valence-electron chi connectivity index (χ4n) is 0.894. The van der Waals surface area contributed by atoms with Gasteiger partial charge in [-0.3, -0.25) is 25.0 Å². The SMILES string of the molecule is O=C(NO)c1ccncc1C(=O)NO. The number of hydrogen-bond acceptors (Lipinski definition) is 5. The van der Waals surface area contributed by atoms with Gasteiger partial charge in [0.1, 0.15) is 0 Å². The van der Waals surface area contributed by atoms with Crippen molar-refractivity contribution in [3.05, 3.63) is 29.6 Å². The van der Waals surface area contributed by atoms with Crippen molar-refractivity contribution in [1.29, 1.82) is 0 Å². The Morgan fingerprint density at radius 1 is 1.14 bits per heavy atom. The van der Waals surface area contributed by atoms with Gasteiger partial charge in [0, 0.05) is 12.4 Å². The molecule has 0 fully saturated rings. The molecule has 0 unspecified atom stereocenters. The third-order valence-corrected chi connectivity index (χ3v) is 1.51. The summed E-state index contributed by atoms with van der Waals surface area (Å²) in [5.74, 6) is -1.73. The van der Waals surface area contributed by atoms with Crippen LogP contribution in [0.15, 0.2) is 18.5 Å². The standard InChI is InChI=1S/C7H7N3O4/c11-6(9-13)4-1-2-8-3-5(4)7(12)10-14/h1-3,13-14H,(H,9,11)(H,10,12). The first kappa shape index (κ1) is 10.1. The predicted octanol–water partition coefficient (Wildman–Crippen LogP) is -0.680. The number of carbonyl (C=O) groups is 2. The number of nitrogens with zero attached hydrogens (tertiary/aromatic N) is 1. The molecule has 0 bridgehead atoms. The van der Waals surface area contributed by atoms with E-state index in [1.807, 2.05) is 0 Å². The number of carbonyl (C=O) groups excluding carboxylic acids is 2. The number of aromatic nitrogens is 1. The van der Waals surface area contributed by atoms with Crippen LogP contribution in [0.1, 0.15) is 20.7 Å². The van der Waals surface area contributed by atoms with E-state index < -0.39 is 11.8 Å². The van der Waals surface area contributed by atoms with E-state index >= 15 is 0 Å². The fourth-order valence-corrected chi connectivity index (χ4v) is 0.894. The molecule has 0 atom stereocenters. The topological polar surface area (TPSA) is 112 Å². The van der Waals surface area contributed by atoms with Gasteiger partial charge in [0.05, 0.1) is 11.1 Å². The van der Waals surface area contributed by atoms with Gasteiger partial charge in [-0.1, -0.05) is 0 Å². The van der Waals surface area contributed by atoms with E-state index in [2.05, 4.69) is 4.98 Å². The van der Waals surface area contributed by atoms with Crippen molar-refractivity contribution in [2.75, 3.05) is 0 Å². The average molecular weight is 197 g/mol. The molecule has 0 aliphatic rings. The second-order valence-electron chi connectivity index (χ2n) is 2.30. The lowest BCUT2D eigenvalue weighted by Gasteiger charge is -2.04. The number of nitrogens with one attached hydrogen (secondary N) is 2. The summed E-state index contributed by atoms with van der Waals surface area (Å²) in [6, 6.07) is 1.23. The highest BCUT2D eigenvalue weighted by Crippen LogP contribution is 2.05. The van der Waals surface area contributed by atoms with Crippen LogP contribution in [-0.2, 0) is 0 Å². The van der Waals surface area contributed by atoms with Crippen LogP contribution in [0.4, 0.5) is 0 Å². The maximum absolute atomic E-state index is 11.0. The Labute approximate surface area is 78.3 Å². The molecule has 0 saturated carbocycles. The molecule has 14 heavy (non-hydrogen) atoms. The third kappa shape index (κ3) is 1.84. The van der Waals surface area contributed by atoms with Crippen LogP contribution in [0.2, 0.25) is 0 Å². The first-order valence-electron chi connectivity index (χ1n) is 3.53. The van der Waals surface area contributed by atoms with Gasteiger partial charge in [-0.25, -0.2) is 11.0 Å². The molecule has 7 heteroatoms. The molecule has 0 aliphatic carbocycles. The zero-order valence-electron chi connectivity index (χ0n) is 6.89. The van der Waals surface area contributed by atoms with Crippen LogP contribution in [0.3, 0.4) is 0 Å². The van der Waals surface area contributed by atoms with E-state index in [0.29, 0.717) is 0 Å². The minimum atomic E-state index is -0.878. The molecule has 1 heterocycles. The van der Waals surface area contributed by atoms with Gasteiger partial charge in [0.25, 0.3) is 11.8 Å². The van der Waals surface area contributed by atoms with Crippen LogP contribution in [0.5, 0.6) is 0 Å². The molecule has 0 aromatic carbocycles. The molecule has 0 saturated heterocycles. The Hall–Kier alpha value is -1.99. The summed E-state index contributed by atoms with van der Waals surface area (Å²) in [7, 11) is 0. The van der Waals surface area contributed by atoms with Crippen molar-refractivity contribution >= 4 is 11.8 Å². The summed E-state index contributed by atoms with van der Waals surface area (Å²) in [5.41, 5.74) is 2.51. The lowest BCUT2D eigenvalue weighted by atomic mass is 10.1. The average Bonchev–Trinajstić information content (AvgIpc) is 2.27. The monoisotopic (exact) mass is 197 g/mol. The second kappa shape index (κ2) is 4.30. The van der Waals surface area contributed by atoms with Crippen LogP contribution < -0.4 is 11.0 Å². The van der Waals surface area contributed by atoms with Gasteiger partial charge in [0.2, 0.25) is 0 Å². The lowest BCUT2D eigenvalue weighted by molar-refractivity contribution is 0.0671. The van der Waals surface area contributed by atoms with Gasteiger partial charge in [-0.15, -0.1) is 0 Å². The maximum atomic E-state index is 11.0. The van der Waals surface area contributed by atoms with E-state index in [1.54, 1.807) is 0 Å².